The molecule has 1 aromatic carbocycles. The van der Waals surface area contributed by atoms with Gasteiger partial charge in [-0.3, -0.25) is 0 Å². The first-order valence-corrected chi connectivity index (χ1v) is 7.55. The Hall–Kier alpha value is -2.30. The van der Waals surface area contributed by atoms with Crippen molar-refractivity contribution in [3.63, 3.8) is 0 Å². The molecule has 0 saturated heterocycles. The number of hydrogen-bond donors (Lipinski definition) is 2. The number of aromatic nitrogens is 2. The molecule has 2 N–H and O–H groups in total. The second kappa shape index (κ2) is 7.11. The highest BCUT2D eigenvalue weighted by Crippen LogP contribution is 2.28. The molecule has 0 spiro atoms. The molecule has 0 fully saturated rings. The van der Waals surface area contributed by atoms with E-state index in [1.54, 1.807) is 7.11 Å². The molecule has 1 unspecified atom stereocenters. The van der Waals surface area contributed by atoms with Gasteiger partial charge in [0, 0.05) is 12.1 Å². The van der Waals surface area contributed by atoms with Crippen molar-refractivity contribution in [1.29, 1.82) is 0 Å². The molecule has 2 aromatic rings. The highest BCUT2D eigenvalue weighted by Gasteiger charge is 2.08. The molecule has 5 nitrogen and oxygen atoms in total. The van der Waals surface area contributed by atoms with Crippen molar-refractivity contribution in [2.75, 3.05) is 17.7 Å². The lowest BCUT2D eigenvalue weighted by atomic mass is 10.2. The maximum Gasteiger partial charge on any atom is 0.142 e. The second-order valence-corrected chi connectivity index (χ2v) is 5.47. The lowest BCUT2D eigenvalue weighted by Gasteiger charge is -2.15. The SMILES string of the molecule is CCC(C)Nc1cc(Nc2cc(C)ccc2OC)nc(C)n1. The van der Waals surface area contributed by atoms with Crippen molar-refractivity contribution < 1.29 is 4.74 Å². The van der Waals surface area contributed by atoms with E-state index in [0.29, 0.717) is 6.04 Å². The first kappa shape index (κ1) is 16.1. The Morgan fingerprint density at radius 1 is 1.14 bits per heavy atom. The van der Waals surface area contributed by atoms with E-state index in [1.807, 2.05) is 38.1 Å². The molecule has 5 heteroatoms. The van der Waals surface area contributed by atoms with Crippen molar-refractivity contribution in [2.45, 2.75) is 40.2 Å². The van der Waals surface area contributed by atoms with Gasteiger partial charge < -0.3 is 15.4 Å². The van der Waals surface area contributed by atoms with Crippen LogP contribution in [0.3, 0.4) is 0 Å². The molecule has 2 rings (SSSR count). The minimum atomic E-state index is 0.371. The van der Waals surface area contributed by atoms with Gasteiger partial charge in [-0.1, -0.05) is 13.0 Å². The van der Waals surface area contributed by atoms with E-state index < -0.39 is 0 Å². The molecule has 22 heavy (non-hydrogen) atoms. The summed E-state index contributed by atoms with van der Waals surface area (Å²) in [5.74, 6) is 3.10. The van der Waals surface area contributed by atoms with E-state index in [9.17, 15) is 0 Å². The maximum atomic E-state index is 5.39. The van der Waals surface area contributed by atoms with Gasteiger partial charge in [-0.05, 0) is 44.9 Å². The van der Waals surface area contributed by atoms with Crippen LogP contribution in [0.4, 0.5) is 17.3 Å². The van der Waals surface area contributed by atoms with Crippen LogP contribution in [0.15, 0.2) is 24.3 Å². The molecule has 1 aromatic heterocycles. The minimum absolute atomic E-state index is 0.371. The van der Waals surface area contributed by atoms with Crippen LogP contribution in [0.5, 0.6) is 5.75 Å². The van der Waals surface area contributed by atoms with Gasteiger partial charge in [-0.25, -0.2) is 9.97 Å². The lowest BCUT2D eigenvalue weighted by molar-refractivity contribution is 0.416. The van der Waals surface area contributed by atoms with E-state index in [-0.39, 0.29) is 0 Å². The average molecular weight is 300 g/mol. The van der Waals surface area contributed by atoms with E-state index in [0.717, 1.165) is 40.9 Å². The van der Waals surface area contributed by atoms with Crippen LogP contribution in [0.2, 0.25) is 0 Å². The van der Waals surface area contributed by atoms with Crippen LogP contribution in [-0.2, 0) is 0 Å². The third kappa shape index (κ3) is 4.10. The highest BCUT2D eigenvalue weighted by molar-refractivity contribution is 5.66. The van der Waals surface area contributed by atoms with Crippen LogP contribution in [0.1, 0.15) is 31.7 Å². The first-order valence-electron chi connectivity index (χ1n) is 7.55. The summed E-state index contributed by atoms with van der Waals surface area (Å²) in [5, 5.41) is 6.70. The fourth-order valence-electron chi connectivity index (χ4n) is 2.12. The number of methoxy groups -OCH3 is 1. The number of aryl methyl sites for hydroxylation is 2. The Morgan fingerprint density at radius 2 is 1.86 bits per heavy atom. The highest BCUT2D eigenvalue weighted by atomic mass is 16.5. The van der Waals surface area contributed by atoms with Crippen molar-refractivity contribution in [3.8, 4) is 5.75 Å². The summed E-state index contributed by atoms with van der Waals surface area (Å²) in [4.78, 5) is 8.88. The summed E-state index contributed by atoms with van der Waals surface area (Å²) in [6.45, 7) is 8.21. The first-order chi connectivity index (χ1) is 10.5. The Kier molecular flexibility index (Phi) is 5.20. The Labute approximate surface area is 132 Å². The lowest BCUT2D eigenvalue weighted by Crippen LogP contribution is -2.15. The minimum Gasteiger partial charge on any atom is -0.495 e. The monoisotopic (exact) mass is 300 g/mol. The zero-order chi connectivity index (χ0) is 16.1. The number of anilines is 3. The summed E-state index contributed by atoms with van der Waals surface area (Å²) in [6, 6.07) is 8.30. The van der Waals surface area contributed by atoms with Gasteiger partial charge in [0.1, 0.15) is 23.2 Å². The van der Waals surface area contributed by atoms with Gasteiger partial charge in [-0.2, -0.15) is 0 Å². The zero-order valence-electron chi connectivity index (χ0n) is 13.9. The molecule has 0 amide bonds. The summed E-state index contributed by atoms with van der Waals surface area (Å²) < 4.78 is 5.39. The number of ether oxygens (including phenoxy) is 1. The molecule has 0 saturated carbocycles. The number of benzene rings is 1. The summed E-state index contributed by atoms with van der Waals surface area (Å²) in [6.07, 6.45) is 1.04. The standard InChI is InChI=1S/C17H24N4O/c1-6-12(3)18-16-10-17(20-13(4)19-16)21-14-9-11(2)7-8-15(14)22-5/h7-10,12H,6H2,1-5H3,(H2,18,19,20,21). The van der Waals surface area contributed by atoms with Gasteiger partial charge in [-0.15, -0.1) is 0 Å². The average Bonchev–Trinajstić information content (AvgIpc) is 2.46. The third-order valence-corrected chi connectivity index (χ3v) is 3.46. The van der Waals surface area contributed by atoms with E-state index in [2.05, 4.69) is 34.4 Å². The third-order valence-electron chi connectivity index (χ3n) is 3.46. The van der Waals surface area contributed by atoms with Gasteiger partial charge in [0.15, 0.2) is 0 Å². The number of rotatable bonds is 6. The largest absolute Gasteiger partial charge is 0.495 e. The molecule has 0 aliphatic rings. The number of nitrogens with zero attached hydrogens (tertiary/aromatic N) is 2. The molecule has 1 heterocycles. The van der Waals surface area contributed by atoms with Gasteiger partial charge >= 0.3 is 0 Å². The number of nitrogens with one attached hydrogen (secondary N) is 2. The molecule has 118 valence electrons. The normalized spacial score (nSPS) is 11.9. The maximum absolute atomic E-state index is 5.39. The van der Waals surface area contributed by atoms with Gasteiger partial charge in [0.2, 0.25) is 0 Å². The Bertz CT molecular complexity index is 643. The second-order valence-electron chi connectivity index (χ2n) is 5.47. The van der Waals surface area contributed by atoms with E-state index >= 15 is 0 Å². The van der Waals surface area contributed by atoms with E-state index in [1.165, 1.54) is 0 Å². The molecular weight excluding hydrogens is 276 g/mol. The van der Waals surface area contributed by atoms with Crippen LogP contribution in [-0.4, -0.2) is 23.1 Å². The van der Waals surface area contributed by atoms with Crippen LogP contribution < -0.4 is 15.4 Å². The van der Waals surface area contributed by atoms with Crippen molar-refractivity contribution in [1.82, 2.24) is 9.97 Å². The van der Waals surface area contributed by atoms with Crippen LogP contribution >= 0.6 is 0 Å². The van der Waals surface area contributed by atoms with Crippen LogP contribution in [0, 0.1) is 13.8 Å². The summed E-state index contributed by atoms with van der Waals surface area (Å²) in [5.41, 5.74) is 2.06. The molecule has 1 atom stereocenters. The Balaban J connectivity index is 2.28. The molecular formula is C17H24N4O. The summed E-state index contributed by atoms with van der Waals surface area (Å²) in [7, 11) is 1.66. The van der Waals surface area contributed by atoms with E-state index in [4.69, 9.17) is 4.74 Å². The van der Waals surface area contributed by atoms with Crippen molar-refractivity contribution >= 4 is 17.3 Å². The predicted octanol–water partition coefficient (Wildman–Crippen LogP) is 4.06. The fraction of sp³-hybridized carbons (Fsp3) is 0.412. The topological polar surface area (TPSA) is 59.1 Å². The fourth-order valence-corrected chi connectivity index (χ4v) is 2.12. The molecule has 0 radical (unpaired) electrons. The van der Waals surface area contributed by atoms with Crippen molar-refractivity contribution in [2.24, 2.45) is 0 Å². The Morgan fingerprint density at radius 3 is 2.55 bits per heavy atom. The smallest absolute Gasteiger partial charge is 0.142 e. The van der Waals surface area contributed by atoms with Crippen molar-refractivity contribution in [3.05, 3.63) is 35.7 Å². The molecule has 0 aliphatic heterocycles. The summed E-state index contributed by atoms with van der Waals surface area (Å²) >= 11 is 0. The van der Waals surface area contributed by atoms with Crippen LogP contribution in [0.25, 0.3) is 0 Å². The van der Waals surface area contributed by atoms with Gasteiger partial charge in [0.05, 0.1) is 12.8 Å². The predicted molar refractivity (Wildman–Crippen MR) is 91.2 cm³/mol. The van der Waals surface area contributed by atoms with Gasteiger partial charge in [0.25, 0.3) is 0 Å². The zero-order valence-corrected chi connectivity index (χ0v) is 13.9. The molecule has 0 aliphatic carbocycles. The molecule has 0 bridgehead atoms. The number of hydrogen-bond acceptors (Lipinski definition) is 5. The quantitative estimate of drug-likeness (QED) is 0.842.